The van der Waals surface area contributed by atoms with Crippen molar-refractivity contribution in [1.29, 1.82) is 5.26 Å². The summed E-state index contributed by atoms with van der Waals surface area (Å²) in [4.78, 5) is 10.8. The second-order valence-electron chi connectivity index (χ2n) is 2.67. The van der Waals surface area contributed by atoms with Gasteiger partial charge in [0.1, 0.15) is 11.6 Å². The Hall–Kier alpha value is -1.31. The number of hydrogen-bond donors (Lipinski definition) is 1. The van der Waals surface area contributed by atoms with E-state index in [0.29, 0.717) is 15.1 Å². The summed E-state index contributed by atoms with van der Waals surface area (Å²) in [6, 6.07) is 6.88. The number of rotatable bonds is 2. The molecule has 0 atom stereocenters. The molecule has 0 spiro atoms. The Labute approximate surface area is 100 Å². The van der Waals surface area contributed by atoms with Crippen molar-refractivity contribution in [3.05, 3.63) is 38.8 Å². The standard InChI is InChI=1S/C10H6BrClN2O/c11-8-2-1-3-9(12)7(8)4-6(5-13)10(14)15/h1-4H,(H2,14,15). The van der Waals surface area contributed by atoms with Crippen LogP contribution in [0.25, 0.3) is 6.08 Å². The second-order valence-corrected chi connectivity index (χ2v) is 3.93. The van der Waals surface area contributed by atoms with E-state index >= 15 is 0 Å². The van der Waals surface area contributed by atoms with E-state index < -0.39 is 5.91 Å². The summed E-state index contributed by atoms with van der Waals surface area (Å²) < 4.78 is 0.698. The predicted molar refractivity (Wildman–Crippen MR) is 61.9 cm³/mol. The second kappa shape index (κ2) is 4.96. The first kappa shape index (κ1) is 11.8. The summed E-state index contributed by atoms with van der Waals surface area (Å²) in [6.07, 6.45) is 1.36. The normalized spacial score (nSPS) is 10.9. The molecule has 0 aromatic heterocycles. The van der Waals surface area contributed by atoms with E-state index in [2.05, 4.69) is 15.9 Å². The minimum absolute atomic E-state index is 0.135. The molecular weight excluding hydrogens is 279 g/mol. The molecule has 0 fully saturated rings. The molecule has 0 unspecified atom stereocenters. The maximum absolute atomic E-state index is 10.8. The third kappa shape index (κ3) is 2.82. The van der Waals surface area contributed by atoms with Crippen LogP contribution in [0.5, 0.6) is 0 Å². The molecule has 76 valence electrons. The summed E-state index contributed by atoms with van der Waals surface area (Å²) in [5.74, 6) is -0.774. The monoisotopic (exact) mass is 284 g/mol. The van der Waals surface area contributed by atoms with E-state index in [9.17, 15) is 4.79 Å². The topological polar surface area (TPSA) is 66.9 Å². The van der Waals surface area contributed by atoms with Crippen LogP contribution < -0.4 is 5.73 Å². The number of primary amides is 1. The van der Waals surface area contributed by atoms with Crippen molar-refractivity contribution < 1.29 is 4.79 Å². The average Bonchev–Trinajstić information content (AvgIpc) is 2.17. The van der Waals surface area contributed by atoms with Gasteiger partial charge < -0.3 is 5.73 Å². The highest BCUT2D eigenvalue weighted by Gasteiger charge is 2.07. The predicted octanol–water partition coefficient (Wildman–Crippen LogP) is 2.49. The van der Waals surface area contributed by atoms with Crippen molar-refractivity contribution in [1.82, 2.24) is 0 Å². The fraction of sp³-hybridized carbons (Fsp3) is 0. The van der Waals surface area contributed by atoms with E-state index in [1.807, 2.05) is 0 Å². The molecule has 0 aliphatic heterocycles. The maximum atomic E-state index is 10.8. The Morgan fingerprint density at radius 2 is 2.27 bits per heavy atom. The molecule has 5 heteroatoms. The first-order chi connectivity index (χ1) is 7.06. The van der Waals surface area contributed by atoms with Crippen LogP contribution in [-0.4, -0.2) is 5.91 Å². The fourth-order valence-electron chi connectivity index (χ4n) is 0.951. The lowest BCUT2D eigenvalue weighted by atomic mass is 10.1. The van der Waals surface area contributed by atoms with Gasteiger partial charge in [0.15, 0.2) is 0 Å². The van der Waals surface area contributed by atoms with Crippen LogP contribution >= 0.6 is 27.5 Å². The smallest absolute Gasteiger partial charge is 0.259 e. The highest BCUT2D eigenvalue weighted by Crippen LogP contribution is 2.26. The molecule has 0 aliphatic carbocycles. The van der Waals surface area contributed by atoms with Gasteiger partial charge >= 0.3 is 0 Å². The number of hydrogen-bond acceptors (Lipinski definition) is 2. The lowest BCUT2D eigenvalue weighted by Crippen LogP contribution is -2.12. The summed E-state index contributed by atoms with van der Waals surface area (Å²) >= 11 is 9.16. The van der Waals surface area contributed by atoms with E-state index in [-0.39, 0.29) is 5.57 Å². The fourth-order valence-corrected chi connectivity index (χ4v) is 1.78. The van der Waals surface area contributed by atoms with E-state index in [0.717, 1.165) is 0 Å². The average molecular weight is 286 g/mol. The van der Waals surface area contributed by atoms with Crippen molar-refractivity contribution in [2.75, 3.05) is 0 Å². The molecule has 0 radical (unpaired) electrons. The van der Waals surface area contributed by atoms with Crippen molar-refractivity contribution in [3.63, 3.8) is 0 Å². The number of nitriles is 1. The molecule has 1 aromatic carbocycles. The summed E-state index contributed by atoms with van der Waals surface area (Å²) in [6.45, 7) is 0. The first-order valence-corrected chi connectivity index (χ1v) is 5.09. The van der Waals surface area contributed by atoms with Gasteiger partial charge in [0.05, 0.1) is 0 Å². The third-order valence-electron chi connectivity index (χ3n) is 1.67. The molecule has 0 saturated heterocycles. The third-order valence-corrected chi connectivity index (χ3v) is 2.70. The van der Waals surface area contributed by atoms with Gasteiger partial charge in [0, 0.05) is 15.1 Å². The molecule has 0 saturated carbocycles. The molecular formula is C10H6BrClN2O. The van der Waals surface area contributed by atoms with E-state index in [1.165, 1.54) is 6.08 Å². The zero-order valence-corrected chi connectivity index (χ0v) is 9.84. The van der Waals surface area contributed by atoms with Crippen LogP contribution in [0.4, 0.5) is 0 Å². The lowest BCUT2D eigenvalue weighted by molar-refractivity contribution is -0.114. The van der Waals surface area contributed by atoms with Gasteiger partial charge in [-0.15, -0.1) is 0 Å². The number of carbonyl (C=O) groups excluding carboxylic acids is 1. The zero-order valence-electron chi connectivity index (χ0n) is 7.50. The van der Waals surface area contributed by atoms with Crippen molar-refractivity contribution in [3.8, 4) is 6.07 Å². The SMILES string of the molecule is N#CC(=Cc1c(Cl)cccc1Br)C(N)=O. The van der Waals surface area contributed by atoms with Gasteiger partial charge in [-0.1, -0.05) is 33.6 Å². The van der Waals surface area contributed by atoms with E-state index in [1.54, 1.807) is 24.3 Å². The summed E-state index contributed by atoms with van der Waals surface area (Å²) in [5.41, 5.74) is 5.44. The number of nitrogens with two attached hydrogens (primary N) is 1. The quantitative estimate of drug-likeness (QED) is 0.670. The molecule has 0 heterocycles. The van der Waals surface area contributed by atoms with Gasteiger partial charge in [-0.3, -0.25) is 4.79 Å². The Morgan fingerprint density at radius 1 is 1.60 bits per heavy atom. The minimum Gasteiger partial charge on any atom is -0.365 e. The number of halogens is 2. The maximum Gasteiger partial charge on any atom is 0.259 e. The van der Waals surface area contributed by atoms with Crippen LogP contribution in [0.2, 0.25) is 5.02 Å². The highest BCUT2D eigenvalue weighted by molar-refractivity contribution is 9.10. The van der Waals surface area contributed by atoms with Crippen molar-refractivity contribution in [2.24, 2.45) is 5.73 Å². The van der Waals surface area contributed by atoms with Gasteiger partial charge in [0.25, 0.3) is 5.91 Å². The molecule has 0 bridgehead atoms. The molecule has 2 N–H and O–H groups in total. The molecule has 0 aliphatic rings. The number of amides is 1. The van der Waals surface area contributed by atoms with Gasteiger partial charge in [-0.2, -0.15) is 5.26 Å². The first-order valence-electron chi connectivity index (χ1n) is 3.92. The largest absolute Gasteiger partial charge is 0.365 e. The van der Waals surface area contributed by atoms with Crippen molar-refractivity contribution >= 4 is 39.5 Å². The lowest BCUT2D eigenvalue weighted by Gasteiger charge is -2.01. The van der Waals surface area contributed by atoms with Crippen LogP contribution in [0.1, 0.15) is 5.56 Å². The minimum atomic E-state index is -0.774. The van der Waals surface area contributed by atoms with Gasteiger partial charge in [-0.25, -0.2) is 0 Å². The van der Waals surface area contributed by atoms with E-state index in [4.69, 9.17) is 22.6 Å². The van der Waals surface area contributed by atoms with Crippen LogP contribution in [0.15, 0.2) is 28.2 Å². The summed E-state index contributed by atoms with van der Waals surface area (Å²) in [5, 5.41) is 9.10. The Bertz CT molecular complexity index is 457. The number of nitrogens with zero attached hydrogens (tertiary/aromatic N) is 1. The highest BCUT2D eigenvalue weighted by atomic mass is 79.9. The number of carbonyl (C=O) groups is 1. The van der Waals surface area contributed by atoms with Gasteiger partial charge in [0.2, 0.25) is 0 Å². The number of benzene rings is 1. The molecule has 1 amide bonds. The van der Waals surface area contributed by atoms with Crippen LogP contribution in [0, 0.1) is 11.3 Å². The van der Waals surface area contributed by atoms with Crippen LogP contribution in [-0.2, 0) is 4.79 Å². The molecule has 3 nitrogen and oxygen atoms in total. The Morgan fingerprint density at radius 3 is 2.73 bits per heavy atom. The molecule has 1 rings (SSSR count). The molecule has 15 heavy (non-hydrogen) atoms. The Balaban J connectivity index is 3.30. The summed E-state index contributed by atoms with van der Waals surface area (Å²) in [7, 11) is 0. The molecule has 1 aromatic rings. The van der Waals surface area contributed by atoms with Crippen molar-refractivity contribution in [2.45, 2.75) is 0 Å². The zero-order chi connectivity index (χ0) is 11.4. The van der Waals surface area contributed by atoms with Gasteiger partial charge in [-0.05, 0) is 18.2 Å². The Kier molecular flexibility index (Phi) is 3.89. The van der Waals surface area contributed by atoms with Crippen LogP contribution in [0.3, 0.4) is 0 Å².